The molecule has 0 atom stereocenters. The third kappa shape index (κ3) is 2.09. The summed E-state index contributed by atoms with van der Waals surface area (Å²) in [4.78, 5) is 1.22. The summed E-state index contributed by atoms with van der Waals surface area (Å²) in [5.74, 6) is 0. The molecule has 11 heavy (non-hydrogen) atoms. The summed E-state index contributed by atoms with van der Waals surface area (Å²) in [6, 6.07) is 8.03. The summed E-state index contributed by atoms with van der Waals surface area (Å²) in [5.41, 5.74) is 1.64. The average molecular weight is 165 g/mol. The zero-order valence-corrected chi connectivity index (χ0v) is 7.53. The molecule has 0 aliphatic rings. The highest BCUT2D eigenvalue weighted by molar-refractivity contribution is 7.98. The molecule has 0 radical (unpaired) electrons. The van der Waals surface area contributed by atoms with Crippen LogP contribution in [0.1, 0.15) is 12.5 Å². The molecular formula is C9H11NS. The van der Waals surface area contributed by atoms with Gasteiger partial charge in [0.15, 0.2) is 0 Å². The number of hydrogen-bond acceptors (Lipinski definition) is 2. The predicted octanol–water partition coefficient (Wildman–Crippen LogP) is 2.80. The zero-order chi connectivity index (χ0) is 8.27. The van der Waals surface area contributed by atoms with Gasteiger partial charge in [0, 0.05) is 10.6 Å². The lowest BCUT2D eigenvalue weighted by molar-refractivity contribution is 1.40. The molecule has 0 unspecified atom stereocenters. The molecule has 1 aromatic rings. The smallest absolute Gasteiger partial charge is 0.0355 e. The molecule has 0 bridgehead atoms. The predicted molar refractivity (Wildman–Crippen MR) is 50.7 cm³/mol. The van der Waals surface area contributed by atoms with E-state index in [1.54, 1.807) is 18.7 Å². The number of rotatable bonds is 2. The van der Waals surface area contributed by atoms with Crippen LogP contribution in [-0.2, 0) is 0 Å². The van der Waals surface area contributed by atoms with Gasteiger partial charge >= 0.3 is 0 Å². The topological polar surface area (TPSA) is 23.9 Å². The van der Waals surface area contributed by atoms with Crippen LogP contribution in [0.25, 0.3) is 0 Å². The Balaban J connectivity index is 3.01. The Hall–Kier alpha value is -0.760. The van der Waals surface area contributed by atoms with Gasteiger partial charge in [0.25, 0.3) is 0 Å². The number of benzene rings is 1. The second kappa shape index (κ2) is 3.58. The normalized spacial score (nSPS) is 9.64. The van der Waals surface area contributed by atoms with Crippen LogP contribution in [0.2, 0.25) is 0 Å². The Bertz CT molecular complexity index is 268. The third-order valence-corrected chi connectivity index (χ3v) is 2.23. The lowest BCUT2D eigenvalue weighted by atomic mass is 10.1. The highest BCUT2D eigenvalue weighted by atomic mass is 32.2. The summed E-state index contributed by atoms with van der Waals surface area (Å²) >= 11 is 1.70. The summed E-state index contributed by atoms with van der Waals surface area (Å²) in [6.45, 7) is 1.80. The molecule has 1 rings (SSSR count). The molecule has 0 heterocycles. The summed E-state index contributed by atoms with van der Waals surface area (Å²) in [5, 5.41) is 7.40. The SMILES string of the molecule is CSc1cccc(C(C)=N)c1. The van der Waals surface area contributed by atoms with Crippen molar-refractivity contribution in [1.82, 2.24) is 0 Å². The monoisotopic (exact) mass is 165 g/mol. The lowest BCUT2D eigenvalue weighted by Crippen LogP contribution is -1.90. The van der Waals surface area contributed by atoms with Crippen molar-refractivity contribution in [3.05, 3.63) is 29.8 Å². The molecule has 0 spiro atoms. The minimum absolute atomic E-state index is 0.626. The van der Waals surface area contributed by atoms with Crippen LogP contribution >= 0.6 is 11.8 Å². The average Bonchev–Trinajstić information content (AvgIpc) is 2.05. The van der Waals surface area contributed by atoms with Crippen molar-refractivity contribution in [3.63, 3.8) is 0 Å². The maximum absolute atomic E-state index is 7.40. The molecule has 1 aromatic carbocycles. The van der Waals surface area contributed by atoms with E-state index in [4.69, 9.17) is 5.41 Å². The maximum atomic E-state index is 7.40. The molecule has 1 nitrogen and oxygen atoms in total. The Morgan fingerprint density at radius 3 is 2.73 bits per heavy atom. The van der Waals surface area contributed by atoms with Gasteiger partial charge in [-0.1, -0.05) is 12.1 Å². The van der Waals surface area contributed by atoms with Gasteiger partial charge in [-0.05, 0) is 30.9 Å². The van der Waals surface area contributed by atoms with Crippen LogP contribution in [0.15, 0.2) is 29.2 Å². The van der Waals surface area contributed by atoms with E-state index >= 15 is 0 Å². The van der Waals surface area contributed by atoms with Crippen LogP contribution in [0.3, 0.4) is 0 Å². The Morgan fingerprint density at radius 1 is 1.45 bits per heavy atom. The van der Waals surface area contributed by atoms with Crippen LogP contribution in [-0.4, -0.2) is 12.0 Å². The first-order valence-electron chi connectivity index (χ1n) is 3.43. The largest absolute Gasteiger partial charge is 0.305 e. The molecular weight excluding hydrogens is 154 g/mol. The van der Waals surface area contributed by atoms with E-state index < -0.39 is 0 Å². The first-order chi connectivity index (χ1) is 5.24. The molecule has 1 N–H and O–H groups in total. The van der Waals surface area contributed by atoms with Gasteiger partial charge in [-0.2, -0.15) is 0 Å². The van der Waals surface area contributed by atoms with E-state index in [0.717, 1.165) is 5.56 Å². The first-order valence-corrected chi connectivity index (χ1v) is 4.66. The van der Waals surface area contributed by atoms with E-state index in [2.05, 4.69) is 6.07 Å². The molecule has 0 aliphatic carbocycles. The molecule has 0 saturated carbocycles. The van der Waals surface area contributed by atoms with Crippen LogP contribution in [0, 0.1) is 5.41 Å². The fourth-order valence-corrected chi connectivity index (χ4v) is 1.32. The van der Waals surface area contributed by atoms with E-state index in [1.807, 2.05) is 24.5 Å². The minimum Gasteiger partial charge on any atom is -0.305 e. The van der Waals surface area contributed by atoms with Gasteiger partial charge in [0.2, 0.25) is 0 Å². The molecule has 0 amide bonds. The fraction of sp³-hybridized carbons (Fsp3) is 0.222. The van der Waals surface area contributed by atoms with Gasteiger partial charge in [0.1, 0.15) is 0 Å². The molecule has 0 aliphatic heterocycles. The van der Waals surface area contributed by atoms with Gasteiger partial charge in [0.05, 0.1) is 0 Å². The second-order valence-corrected chi connectivity index (χ2v) is 3.24. The van der Waals surface area contributed by atoms with Crippen molar-refractivity contribution in [2.45, 2.75) is 11.8 Å². The van der Waals surface area contributed by atoms with E-state index in [1.165, 1.54) is 4.90 Å². The third-order valence-electron chi connectivity index (χ3n) is 1.50. The molecule has 0 aromatic heterocycles. The Morgan fingerprint density at radius 2 is 2.18 bits per heavy atom. The van der Waals surface area contributed by atoms with Crippen molar-refractivity contribution in [2.24, 2.45) is 0 Å². The second-order valence-electron chi connectivity index (χ2n) is 2.36. The Labute approximate surface area is 71.3 Å². The number of thioether (sulfide) groups is 1. The summed E-state index contributed by atoms with van der Waals surface area (Å²) in [7, 11) is 0. The quantitative estimate of drug-likeness (QED) is 0.528. The first kappa shape index (κ1) is 8.34. The van der Waals surface area contributed by atoms with E-state index in [0.29, 0.717) is 5.71 Å². The zero-order valence-electron chi connectivity index (χ0n) is 6.72. The standard InChI is InChI=1S/C9H11NS/c1-7(10)8-4-3-5-9(6-8)11-2/h3-6,10H,1-2H3. The fourth-order valence-electron chi connectivity index (χ4n) is 0.856. The van der Waals surface area contributed by atoms with Crippen molar-refractivity contribution in [3.8, 4) is 0 Å². The van der Waals surface area contributed by atoms with Gasteiger partial charge in [-0.15, -0.1) is 11.8 Å². The van der Waals surface area contributed by atoms with Gasteiger partial charge < -0.3 is 5.41 Å². The molecule has 58 valence electrons. The summed E-state index contributed by atoms with van der Waals surface area (Å²) in [6.07, 6.45) is 2.04. The molecule has 0 saturated heterocycles. The highest BCUT2D eigenvalue weighted by Gasteiger charge is 1.95. The van der Waals surface area contributed by atoms with Gasteiger partial charge in [-0.3, -0.25) is 0 Å². The van der Waals surface area contributed by atoms with Crippen molar-refractivity contribution >= 4 is 17.5 Å². The minimum atomic E-state index is 0.626. The number of hydrogen-bond donors (Lipinski definition) is 1. The maximum Gasteiger partial charge on any atom is 0.0355 e. The van der Waals surface area contributed by atoms with Crippen molar-refractivity contribution in [2.75, 3.05) is 6.26 Å². The molecule has 2 heteroatoms. The van der Waals surface area contributed by atoms with Crippen LogP contribution < -0.4 is 0 Å². The lowest BCUT2D eigenvalue weighted by Gasteiger charge is -1.99. The van der Waals surface area contributed by atoms with Crippen molar-refractivity contribution in [1.29, 1.82) is 5.41 Å². The number of nitrogens with one attached hydrogen (secondary N) is 1. The molecule has 0 fully saturated rings. The van der Waals surface area contributed by atoms with E-state index in [-0.39, 0.29) is 0 Å². The van der Waals surface area contributed by atoms with Crippen molar-refractivity contribution < 1.29 is 0 Å². The highest BCUT2D eigenvalue weighted by Crippen LogP contribution is 2.15. The Kier molecular flexibility index (Phi) is 2.71. The van der Waals surface area contributed by atoms with Crippen LogP contribution in [0.5, 0.6) is 0 Å². The summed E-state index contributed by atoms with van der Waals surface area (Å²) < 4.78 is 0. The van der Waals surface area contributed by atoms with Crippen LogP contribution in [0.4, 0.5) is 0 Å². The van der Waals surface area contributed by atoms with Gasteiger partial charge in [-0.25, -0.2) is 0 Å². The van der Waals surface area contributed by atoms with E-state index in [9.17, 15) is 0 Å².